The van der Waals surface area contributed by atoms with Gasteiger partial charge in [0.15, 0.2) is 0 Å². The lowest BCUT2D eigenvalue weighted by molar-refractivity contribution is 0.198. The van der Waals surface area contributed by atoms with Crippen LogP contribution in [-0.4, -0.2) is 31.0 Å². The lowest BCUT2D eigenvalue weighted by Gasteiger charge is -2.21. The van der Waals surface area contributed by atoms with Crippen LogP contribution in [0.1, 0.15) is 36.3 Å². The standard InChI is InChI=1S/C21H26ClNO3/c1-25-20-7-2-15(12-19(20)22)9-11-26-18-5-3-16(4-6-18)17-8-10-21(23,13-17)14-24/h2-7,12,17,24H,8-11,13-14,23H2,1H3/t17-,21+/m1/s1. The number of aliphatic hydroxyl groups is 1. The number of halogens is 1. The summed E-state index contributed by atoms with van der Waals surface area (Å²) in [6.45, 7) is 0.641. The average Bonchev–Trinajstić information content (AvgIpc) is 3.05. The average molecular weight is 376 g/mol. The van der Waals surface area contributed by atoms with Crippen molar-refractivity contribution in [2.24, 2.45) is 5.73 Å². The molecule has 4 nitrogen and oxygen atoms in total. The third-order valence-corrected chi connectivity index (χ3v) is 5.48. The molecule has 3 N–H and O–H groups in total. The maximum absolute atomic E-state index is 9.41. The Labute approximate surface area is 159 Å². The van der Waals surface area contributed by atoms with Gasteiger partial charge in [-0.3, -0.25) is 0 Å². The molecular formula is C21H26ClNO3. The number of hydrogen-bond acceptors (Lipinski definition) is 4. The summed E-state index contributed by atoms with van der Waals surface area (Å²) in [5.74, 6) is 1.96. The van der Waals surface area contributed by atoms with Gasteiger partial charge in [-0.25, -0.2) is 0 Å². The molecule has 0 aromatic heterocycles. The second kappa shape index (κ2) is 8.30. The smallest absolute Gasteiger partial charge is 0.137 e. The maximum atomic E-state index is 9.41. The lowest BCUT2D eigenvalue weighted by atomic mass is 9.94. The Morgan fingerprint density at radius 2 is 2.00 bits per heavy atom. The first kappa shape index (κ1) is 19.0. The summed E-state index contributed by atoms with van der Waals surface area (Å²) in [6.07, 6.45) is 3.51. The van der Waals surface area contributed by atoms with Crippen LogP contribution in [-0.2, 0) is 6.42 Å². The van der Waals surface area contributed by atoms with Gasteiger partial charge >= 0.3 is 0 Å². The Kier molecular flexibility index (Phi) is 6.07. The zero-order valence-electron chi connectivity index (χ0n) is 15.1. The van der Waals surface area contributed by atoms with Crippen molar-refractivity contribution in [2.45, 2.75) is 37.1 Å². The van der Waals surface area contributed by atoms with Gasteiger partial charge in [-0.2, -0.15) is 0 Å². The molecule has 0 aliphatic heterocycles. The molecule has 1 fully saturated rings. The maximum Gasteiger partial charge on any atom is 0.137 e. The topological polar surface area (TPSA) is 64.7 Å². The zero-order valence-corrected chi connectivity index (χ0v) is 15.8. The molecule has 2 aromatic rings. The first-order valence-electron chi connectivity index (χ1n) is 8.98. The van der Waals surface area contributed by atoms with Crippen molar-refractivity contribution in [2.75, 3.05) is 20.3 Å². The van der Waals surface area contributed by atoms with Crippen molar-refractivity contribution in [3.63, 3.8) is 0 Å². The summed E-state index contributed by atoms with van der Waals surface area (Å²) < 4.78 is 11.0. The van der Waals surface area contributed by atoms with Gasteiger partial charge in [0.05, 0.1) is 25.3 Å². The predicted molar refractivity (Wildman–Crippen MR) is 104 cm³/mol. The second-order valence-corrected chi connectivity index (χ2v) is 7.50. The van der Waals surface area contributed by atoms with Gasteiger partial charge in [-0.05, 0) is 60.6 Å². The van der Waals surface area contributed by atoms with E-state index in [1.807, 2.05) is 30.3 Å². The van der Waals surface area contributed by atoms with E-state index in [0.29, 0.717) is 23.3 Å². The number of methoxy groups -OCH3 is 1. The van der Waals surface area contributed by atoms with Crippen LogP contribution >= 0.6 is 11.6 Å². The van der Waals surface area contributed by atoms with Gasteiger partial charge in [-0.15, -0.1) is 0 Å². The van der Waals surface area contributed by atoms with Crippen LogP contribution in [0.25, 0.3) is 0 Å². The van der Waals surface area contributed by atoms with E-state index in [0.717, 1.165) is 37.0 Å². The summed E-state index contributed by atoms with van der Waals surface area (Å²) in [4.78, 5) is 0. The summed E-state index contributed by atoms with van der Waals surface area (Å²) in [7, 11) is 1.61. The molecular weight excluding hydrogens is 350 g/mol. The largest absolute Gasteiger partial charge is 0.495 e. The van der Waals surface area contributed by atoms with Crippen LogP contribution in [0.3, 0.4) is 0 Å². The van der Waals surface area contributed by atoms with Crippen LogP contribution in [0.5, 0.6) is 11.5 Å². The molecule has 0 saturated heterocycles. The van der Waals surface area contributed by atoms with E-state index in [1.165, 1.54) is 5.56 Å². The van der Waals surface area contributed by atoms with Crippen LogP contribution < -0.4 is 15.2 Å². The summed E-state index contributed by atoms with van der Waals surface area (Å²) in [5.41, 5.74) is 8.13. The van der Waals surface area contributed by atoms with Crippen molar-refractivity contribution >= 4 is 11.6 Å². The minimum atomic E-state index is -0.417. The first-order chi connectivity index (χ1) is 12.5. The molecule has 1 aliphatic rings. The fourth-order valence-electron chi connectivity index (χ4n) is 3.57. The lowest BCUT2D eigenvalue weighted by Crippen LogP contribution is -2.40. The third kappa shape index (κ3) is 4.50. The molecule has 0 unspecified atom stereocenters. The monoisotopic (exact) mass is 375 g/mol. The highest BCUT2D eigenvalue weighted by Gasteiger charge is 2.35. The highest BCUT2D eigenvalue weighted by Crippen LogP contribution is 2.39. The van der Waals surface area contributed by atoms with Crippen molar-refractivity contribution < 1.29 is 14.6 Å². The van der Waals surface area contributed by atoms with E-state index in [2.05, 4.69) is 12.1 Å². The quantitative estimate of drug-likeness (QED) is 0.769. The van der Waals surface area contributed by atoms with Crippen molar-refractivity contribution in [1.82, 2.24) is 0 Å². The second-order valence-electron chi connectivity index (χ2n) is 7.10. The summed E-state index contributed by atoms with van der Waals surface area (Å²) in [5, 5.41) is 10.0. The molecule has 2 aromatic carbocycles. The Hall–Kier alpha value is -1.75. The molecule has 0 spiro atoms. The van der Waals surface area contributed by atoms with Crippen LogP contribution in [0.2, 0.25) is 5.02 Å². The van der Waals surface area contributed by atoms with Gasteiger partial charge in [0.1, 0.15) is 11.5 Å². The van der Waals surface area contributed by atoms with Crippen molar-refractivity contribution in [3.05, 3.63) is 58.6 Å². The highest BCUT2D eigenvalue weighted by atomic mass is 35.5. The fourth-order valence-corrected chi connectivity index (χ4v) is 3.85. The van der Waals surface area contributed by atoms with Gasteiger partial charge in [0.2, 0.25) is 0 Å². The Balaban J connectivity index is 1.51. The molecule has 0 heterocycles. The van der Waals surface area contributed by atoms with Crippen molar-refractivity contribution in [3.8, 4) is 11.5 Å². The van der Waals surface area contributed by atoms with Crippen molar-refractivity contribution in [1.29, 1.82) is 0 Å². The van der Waals surface area contributed by atoms with Gasteiger partial charge < -0.3 is 20.3 Å². The van der Waals surface area contributed by atoms with E-state index in [1.54, 1.807) is 7.11 Å². The van der Waals surface area contributed by atoms with Crippen LogP contribution in [0.15, 0.2) is 42.5 Å². The molecule has 1 aliphatic carbocycles. The van der Waals surface area contributed by atoms with Gasteiger partial charge in [0, 0.05) is 12.0 Å². The van der Waals surface area contributed by atoms with E-state index < -0.39 is 5.54 Å². The van der Waals surface area contributed by atoms with Gasteiger partial charge in [-0.1, -0.05) is 29.8 Å². The molecule has 140 valence electrons. The highest BCUT2D eigenvalue weighted by molar-refractivity contribution is 6.32. The number of hydrogen-bond donors (Lipinski definition) is 2. The van der Waals surface area contributed by atoms with E-state index in [9.17, 15) is 5.11 Å². The summed E-state index contributed by atoms with van der Waals surface area (Å²) >= 11 is 6.15. The number of aliphatic hydroxyl groups excluding tert-OH is 1. The van der Waals surface area contributed by atoms with E-state index in [-0.39, 0.29) is 6.61 Å². The molecule has 1 saturated carbocycles. The normalized spacial score (nSPS) is 22.4. The molecule has 2 atom stereocenters. The third-order valence-electron chi connectivity index (χ3n) is 5.19. The SMILES string of the molecule is COc1ccc(CCOc2ccc([C@@H]3CC[C@@](N)(CO)C3)cc2)cc1Cl. The van der Waals surface area contributed by atoms with Gasteiger partial charge in [0.25, 0.3) is 0 Å². The Bertz CT molecular complexity index is 735. The van der Waals surface area contributed by atoms with E-state index >= 15 is 0 Å². The minimum Gasteiger partial charge on any atom is -0.495 e. The summed E-state index contributed by atoms with van der Waals surface area (Å²) in [6, 6.07) is 14.0. The van der Waals surface area contributed by atoms with Crippen LogP contribution in [0, 0.1) is 0 Å². The Morgan fingerprint density at radius 1 is 1.23 bits per heavy atom. The minimum absolute atomic E-state index is 0.0556. The number of ether oxygens (including phenoxy) is 2. The fraction of sp³-hybridized carbons (Fsp3) is 0.429. The molecule has 3 rings (SSSR count). The van der Waals surface area contributed by atoms with E-state index in [4.69, 9.17) is 26.8 Å². The Morgan fingerprint density at radius 3 is 2.62 bits per heavy atom. The zero-order chi connectivity index (χ0) is 18.6. The molecule has 0 amide bonds. The first-order valence-corrected chi connectivity index (χ1v) is 9.36. The number of benzene rings is 2. The number of rotatable bonds is 7. The predicted octanol–water partition coefficient (Wildman–Crippen LogP) is 3.93. The molecule has 26 heavy (non-hydrogen) atoms. The number of nitrogens with two attached hydrogens (primary N) is 1. The molecule has 0 radical (unpaired) electrons. The van der Waals surface area contributed by atoms with Crippen LogP contribution in [0.4, 0.5) is 0 Å². The molecule has 0 bridgehead atoms. The molecule has 5 heteroatoms.